The van der Waals surface area contributed by atoms with Crippen LogP contribution < -0.4 is 4.74 Å². The number of aliphatic hydroxyl groups is 1. The van der Waals surface area contributed by atoms with Gasteiger partial charge in [-0.3, -0.25) is 9.97 Å². The fourth-order valence-electron chi connectivity index (χ4n) is 3.14. The predicted molar refractivity (Wildman–Crippen MR) is 109 cm³/mol. The summed E-state index contributed by atoms with van der Waals surface area (Å²) in [7, 11) is 0. The molecule has 3 heterocycles. The molecule has 0 bridgehead atoms. The van der Waals surface area contributed by atoms with E-state index in [1.807, 2.05) is 68.4 Å². The molecule has 4 rings (SSSR count). The van der Waals surface area contributed by atoms with Crippen LogP contribution in [0.1, 0.15) is 31.2 Å². The summed E-state index contributed by atoms with van der Waals surface area (Å²) in [6.45, 7) is 3.97. The molecule has 1 aromatic carbocycles. The van der Waals surface area contributed by atoms with Crippen molar-refractivity contribution in [2.24, 2.45) is 0 Å². The van der Waals surface area contributed by atoms with Crippen LogP contribution >= 0.6 is 0 Å². The molecular formula is C23H21N3O2. The van der Waals surface area contributed by atoms with E-state index in [2.05, 4.69) is 9.97 Å². The van der Waals surface area contributed by atoms with E-state index >= 15 is 0 Å². The van der Waals surface area contributed by atoms with E-state index in [4.69, 9.17) is 9.72 Å². The van der Waals surface area contributed by atoms with E-state index in [-0.39, 0.29) is 6.10 Å². The Hall–Kier alpha value is -3.31. The maximum absolute atomic E-state index is 11.1. The summed E-state index contributed by atoms with van der Waals surface area (Å²) >= 11 is 0. The third kappa shape index (κ3) is 3.70. The van der Waals surface area contributed by atoms with Crippen molar-refractivity contribution in [2.75, 3.05) is 0 Å². The van der Waals surface area contributed by atoms with Gasteiger partial charge in [0.2, 0.25) is 0 Å². The molecule has 0 amide bonds. The topological polar surface area (TPSA) is 68.1 Å². The van der Waals surface area contributed by atoms with Gasteiger partial charge in [-0.05, 0) is 61.9 Å². The third-order valence-electron chi connectivity index (χ3n) is 4.43. The van der Waals surface area contributed by atoms with Crippen molar-refractivity contribution in [3.63, 3.8) is 0 Å². The van der Waals surface area contributed by atoms with Gasteiger partial charge < -0.3 is 9.84 Å². The predicted octanol–water partition coefficient (Wildman–Crippen LogP) is 4.56. The van der Waals surface area contributed by atoms with Crippen LogP contribution in [0, 0.1) is 0 Å². The highest BCUT2D eigenvalue weighted by Crippen LogP contribution is 2.31. The zero-order valence-electron chi connectivity index (χ0n) is 15.8. The van der Waals surface area contributed by atoms with Crippen molar-refractivity contribution in [3.05, 3.63) is 84.4 Å². The molecule has 0 spiro atoms. The van der Waals surface area contributed by atoms with Gasteiger partial charge in [0.15, 0.2) is 0 Å². The minimum Gasteiger partial charge on any atom is -0.491 e. The molecule has 5 heteroatoms. The molecule has 0 aliphatic carbocycles. The van der Waals surface area contributed by atoms with Crippen molar-refractivity contribution in [3.8, 4) is 17.0 Å². The average Bonchev–Trinajstić information content (AvgIpc) is 2.73. The van der Waals surface area contributed by atoms with Crippen LogP contribution in [0.2, 0.25) is 0 Å². The Morgan fingerprint density at radius 3 is 2.39 bits per heavy atom. The number of rotatable bonds is 5. The summed E-state index contributed by atoms with van der Waals surface area (Å²) in [6.07, 6.45) is 4.42. The number of hydrogen-bond acceptors (Lipinski definition) is 5. The third-order valence-corrected chi connectivity index (χ3v) is 4.43. The Morgan fingerprint density at radius 2 is 1.68 bits per heavy atom. The number of aromatic nitrogens is 3. The lowest BCUT2D eigenvalue weighted by atomic mass is 10.0. The molecule has 0 fully saturated rings. The first-order valence-electron chi connectivity index (χ1n) is 9.22. The molecule has 0 saturated heterocycles. The normalized spacial score (nSPS) is 12.3. The number of benzene rings is 1. The van der Waals surface area contributed by atoms with E-state index in [1.54, 1.807) is 18.6 Å². The average molecular weight is 371 g/mol. The second kappa shape index (κ2) is 7.74. The molecule has 1 unspecified atom stereocenters. The van der Waals surface area contributed by atoms with Crippen LogP contribution in [0.3, 0.4) is 0 Å². The van der Waals surface area contributed by atoms with Crippen molar-refractivity contribution < 1.29 is 9.84 Å². The van der Waals surface area contributed by atoms with Crippen molar-refractivity contribution in [2.45, 2.75) is 26.1 Å². The molecule has 0 saturated carbocycles. The number of ether oxygens (including phenoxy) is 1. The molecule has 28 heavy (non-hydrogen) atoms. The monoisotopic (exact) mass is 371 g/mol. The summed E-state index contributed by atoms with van der Waals surface area (Å²) in [6, 6.07) is 17.0. The molecule has 4 aromatic rings. The summed E-state index contributed by atoms with van der Waals surface area (Å²) in [4.78, 5) is 13.3. The minimum atomic E-state index is -0.874. The highest BCUT2D eigenvalue weighted by Gasteiger charge is 2.18. The lowest BCUT2D eigenvalue weighted by Gasteiger charge is -2.16. The Balaban J connectivity index is 1.78. The van der Waals surface area contributed by atoms with Crippen LogP contribution in [0.5, 0.6) is 5.75 Å². The van der Waals surface area contributed by atoms with E-state index in [0.717, 1.165) is 33.5 Å². The summed E-state index contributed by atoms with van der Waals surface area (Å²) < 4.78 is 5.69. The number of nitrogens with zero attached hydrogens (tertiary/aromatic N) is 3. The summed E-state index contributed by atoms with van der Waals surface area (Å²) in [5.74, 6) is 0.774. The van der Waals surface area contributed by atoms with E-state index in [0.29, 0.717) is 5.69 Å². The van der Waals surface area contributed by atoms with Gasteiger partial charge in [0.1, 0.15) is 11.9 Å². The second-order valence-corrected chi connectivity index (χ2v) is 6.84. The van der Waals surface area contributed by atoms with Crippen LogP contribution in [0.25, 0.3) is 22.2 Å². The van der Waals surface area contributed by atoms with E-state index in [1.165, 1.54) is 0 Å². The van der Waals surface area contributed by atoms with Crippen LogP contribution in [-0.2, 0) is 0 Å². The maximum Gasteiger partial charge on any atom is 0.122 e. The lowest BCUT2D eigenvalue weighted by molar-refractivity contribution is 0.216. The van der Waals surface area contributed by atoms with Gasteiger partial charge in [-0.1, -0.05) is 12.1 Å². The standard InChI is InChI=1S/C23H21N3O2/c1-15(2)28-18-7-5-17(6-8-18)23(27)22-19-4-3-11-25-21(19)14-20(26-22)16-9-12-24-13-10-16/h3-15,23,27H,1-2H3. The SMILES string of the molecule is CC(C)Oc1ccc(C(O)c2nc(-c3ccncc3)cc3ncccc23)cc1. The molecule has 0 aliphatic heterocycles. The first-order chi connectivity index (χ1) is 13.6. The van der Waals surface area contributed by atoms with Gasteiger partial charge in [0, 0.05) is 29.5 Å². The van der Waals surface area contributed by atoms with Crippen molar-refractivity contribution in [1.29, 1.82) is 0 Å². The van der Waals surface area contributed by atoms with Gasteiger partial charge in [-0.2, -0.15) is 0 Å². The minimum absolute atomic E-state index is 0.101. The molecular weight excluding hydrogens is 350 g/mol. The van der Waals surface area contributed by atoms with Crippen LogP contribution in [0.15, 0.2) is 73.2 Å². The van der Waals surface area contributed by atoms with Crippen molar-refractivity contribution >= 4 is 10.9 Å². The second-order valence-electron chi connectivity index (χ2n) is 6.84. The Bertz CT molecular complexity index is 1080. The Morgan fingerprint density at radius 1 is 0.929 bits per heavy atom. The molecule has 1 atom stereocenters. The van der Waals surface area contributed by atoms with Crippen LogP contribution in [-0.4, -0.2) is 26.2 Å². The molecule has 0 aliphatic rings. The lowest BCUT2D eigenvalue weighted by Crippen LogP contribution is -2.07. The summed E-state index contributed by atoms with van der Waals surface area (Å²) in [5, 5.41) is 11.9. The maximum atomic E-state index is 11.1. The Kier molecular flexibility index (Phi) is 5.00. The molecule has 1 N–H and O–H groups in total. The highest BCUT2D eigenvalue weighted by atomic mass is 16.5. The van der Waals surface area contributed by atoms with Gasteiger partial charge in [0.25, 0.3) is 0 Å². The number of hydrogen-bond donors (Lipinski definition) is 1. The van der Waals surface area contributed by atoms with Crippen LogP contribution in [0.4, 0.5) is 0 Å². The largest absolute Gasteiger partial charge is 0.491 e. The zero-order valence-corrected chi connectivity index (χ0v) is 15.8. The Labute approximate surface area is 163 Å². The molecule has 5 nitrogen and oxygen atoms in total. The van der Waals surface area contributed by atoms with Crippen molar-refractivity contribution in [1.82, 2.24) is 15.0 Å². The van der Waals surface area contributed by atoms with Gasteiger partial charge in [-0.15, -0.1) is 0 Å². The fraction of sp³-hybridized carbons (Fsp3) is 0.174. The fourth-order valence-corrected chi connectivity index (χ4v) is 3.14. The first kappa shape index (κ1) is 18.1. The quantitative estimate of drug-likeness (QED) is 0.557. The zero-order chi connectivity index (χ0) is 19.5. The van der Waals surface area contributed by atoms with Gasteiger partial charge in [-0.25, -0.2) is 4.98 Å². The smallest absolute Gasteiger partial charge is 0.122 e. The molecule has 3 aromatic heterocycles. The van der Waals surface area contributed by atoms with E-state index < -0.39 is 6.10 Å². The highest BCUT2D eigenvalue weighted by molar-refractivity contribution is 5.85. The number of fused-ring (bicyclic) bond motifs is 1. The number of pyridine rings is 3. The molecule has 140 valence electrons. The number of aliphatic hydroxyl groups excluding tert-OH is 1. The summed E-state index contributed by atoms with van der Waals surface area (Å²) in [5.41, 5.74) is 3.80. The van der Waals surface area contributed by atoms with Gasteiger partial charge in [0.05, 0.1) is 23.0 Å². The van der Waals surface area contributed by atoms with E-state index in [9.17, 15) is 5.11 Å². The first-order valence-corrected chi connectivity index (χ1v) is 9.22. The molecule has 0 radical (unpaired) electrons. The van der Waals surface area contributed by atoms with Gasteiger partial charge >= 0.3 is 0 Å².